The van der Waals surface area contributed by atoms with Gasteiger partial charge >= 0.3 is 17.9 Å². The fourth-order valence-corrected chi connectivity index (χ4v) is 6.21. The van der Waals surface area contributed by atoms with Crippen LogP contribution in [-0.2, 0) is 33.3 Å². The monoisotopic (exact) mass is 626 g/mol. The minimum Gasteiger partial charge on any atom is -0.463 e. The Morgan fingerprint density at radius 1 is 1.18 bits per heavy atom. The lowest BCUT2D eigenvalue weighted by Crippen LogP contribution is -2.57. The molecule has 3 aromatic heterocycles. The summed E-state index contributed by atoms with van der Waals surface area (Å²) in [6, 6.07) is 2.48. The molecule has 1 saturated heterocycles. The molecule has 210 valence electrons. The van der Waals surface area contributed by atoms with Gasteiger partial charge in [0, 0.05) is 37.2 Å². The molecule has 13 nitrogen and oxygen atoms in total. The molecule has 3 unspecified atom stereocenters. The predicted molar refractivity (Wildman–Crippen MR) is 141 cm³/mol. The van der Waals surface area contributed by atoms with Crippen molar-refractivity contribution in [3.63, 3.8) is 0 Å². The summed E-state index contributed by atoms with van der Waals surface area (Å²) in [5, 5.41) is 20.6. The summed E-state index contributed by atoms with van der Waals surface area (Å²) in [6.45, 7) is 3.31. The summed E-state index contributed by atoms with van der Waals surface area (Å²) in [5.74, 6) is -1.93. The van der Waals surface area contributed by atoms with Crippen LogP contribution in [0.1, 0.15) is 32.5 Å². The molecule has 40 heavy (non-hydrogen) atoms. The van der Waals surface area contributed by atoms with E-state index in [1.807, 2.05) is 6.07 Å². The molecule has 4 heterocycles. The van der Waals surface area contributed by atoms with Gasteiger partial charge in [0.2, 0.25) is 0 Å². The molecular formula is C23H20Cl2N6O7S2. The number of esters is 3. The van der Waals surface area contributed by atoms with Crippen molar-refractivity contribution in [2.24, 2.45) is 0 Å². The van der Waals surface area contributed by atoms with E-state index in [2.05, 4.69) is 20.3 Å². The van der Waals surface area contributed by atoms with Crippen molar-refractivity contribution >= 4 is 64.2 Å². The first-order valence-corrected chi connectivity index (χ1v) is 14.0. The Kier molecular flexibility index (Phi) is 9.59. The number of thiazole rings is 1. The largest absolute Gasteiger partial charge is 0.463 e. The summed E-state index contributed by atoms with van der Waals surface area (Å²) in [6.07, 6.45) is -0.493. The number of carbonyl (C=O) groups excluding carboxylic acids is 3. The van der Waals surface area contributed by atoms with Crippen molar-refractivity contribution in [3.05, 3.63) is 39.7 Å². The molecule has 5 atom stereocenters. The van der Waals surface area contributed by atoms with Crippen molar-refractivity contribution in [1.29, 1.82) is 5.26 Å². The zero-order valence-electron chi connectivity index (χ0n) is 21.0. The van der Waals surface area contributed by atoms with Crippen molar-refractivity contribution in [1.82, 2.24) is 25.0 Å². The van der Waals surface area contributed by atoms with Crippen LogP contribution in [0.15, 0.2) is 28.7 Å². The number of hydrogen-bond donors (Lipinski definition) is 0. The normalized spacial score (nSPS) is 22.2. The van der Waals surface area contributed by atoms with Crippen molar-refractivity contribution in [2.45, 2.75) is 55.5 Å². The first kappa shape index (κ1) is 29.7. The Morgan fingerprint density at radius 2 is 1.90 bits per heavy atom. The van der Waals surface area contributed by atoms with Crippen LogP contribution in [0.3, 0.4) is 0 Å². The molecular weight excluding hydrogens is 607 g/mol. The first-order chi connectivity index (χ1) is 19.0. The highest BCUT2D eigenvalue weighted by molar-refractivity contribution is 7.99. The molecule has 4 rings (SSSR count). The van der Waals surface area contributed by atoms with Gasteiger partial charge in [0.15, 0.2) is 17.9 Å². The van der Waals surface area contributed by atoms with E-state index in [1.165, 1.54) is 55.2 Å². The van der Waals surface area contributed by atoms with Gasteiger partial charge in [-0.3, -0.25) is 14.4 Å². The zero-order valence-corrected chi connectivity index (χ0v) is 24.2. The van der Waals surface area contributed by atoms with Gasteiger partial charge in [0.1, 0.15) is 46.1 Å². The van der Waals surface area contributed by atoms with Crippen LogP contribution in [0.4, 0.5) is 0 Å². The lowest BCUT2D eigenvalue weighted by molar-refractivity contribution is -0.212. The minimum atomic E-state index is -1.15. The lowest BCUT2D eigenvalue weighted by atomic mass is 9.96. The molecule has 1 aliphatic heterocycles. The topological polar surface area (TPSA) is 168 Å². The number of thioether (sulfide) groups is 1. The van der Waals surface area contributed by atoms with Crippen LogP contribution >= 0.6 is 46.3 Å². The summed E-state index contributed by atoms with van der Waals surface area (Å²) >= 11 is 14.3. The van der Waals surface area contributed by atoms with Crippen molar-refractivity contribution < 1.29 is 33.3 Å². The van der Waals surface area contributed by atoms with Crippen LogP contribution < -0.4 is 0 Å². The molecule has 3 aromatic rings. The molecule has 0 saturated carbocycles. The van der Waals surface area contributed by atoms with Gasteiger partial charge < -0.3 is 18.9 Å². The van der Waals surface area contributed by atoms with Gasteiger partial charge in [-0.2, -0.15) is 5.26 Å². The number of hydrogen-bond acceptors (Lipinski definition) is 14. The van der Waals surface area contributed by atoms with Crippen LogP contribution in [0.2, 0.25) is 10.2 Å². The van der Waals surface area contributed by atoms with Gasteiger partial charge in [0.05, 0.1) is 11.2 Å². The Hall–Kier alpha value is -3.29. The number of ether oxygens (including phenoxy) is 4. The molecule has 1 fully saturated rings. The summed E-state index contributed by atoms with van der Waals surface area (Å²) < 4.78 is 24.1. The maximum absolute atomic E-state index is 12.3. The Morgan fingerprint density at radius 3 is 2.52 bits per heavy atom. The smallest absolute Gasteiger partial charge is 0.303 e. The van der Waals surface area contributed by atoms with Gasteiger partial charge in [-0.15, -0.1) is 16.4 Å². The van der Waals surface area contributed by atoms with E-state index in [1.54, 1.807) is 5.38 Å². The average Bonchev–Trinajstić information content (AvgIpc) is 3.53. The number of nitriles is 1. The van der Waals surface area contributed by atoms with Crippen LogP contribution in [-0.4, -0.2) is 73.2 Å². The highest BCUT2D eigenvalue weighted by Gasteiger charge is 2.52. The molecule has 0 aromatic carbocycles. The maximum Gasteiger partial charge on any atom is 0.303 e. The quantitative estimate of drug-likeness (QED) is 0.263. The predicted octanol–water partition coefficient (Wildman–Crippen LogP) is 3.46. The maximum atomic E-state index is 12.3. The summed E-state index contributed by atoms with van der Waals surface area (Å²) in [5.41, 5.74) is -0.618. The van der Waals surface area contributed by atoms with E-state index >= 15 is 0 Å². The third kappa shape index (κ3) is 7.07. The first-order valence-electron chi connectivity index (χ1n) is 11.4. The van der Waals surface area contributed by atoms with E-state index in [4.69, 9.17) is 42.1 Å². The third-order valence-electron chi connectivity index (χ3n) is 5.35. The molecule has 17 heteroatoms. The fraction of sp³-hybridized carbons (Fsp3) is 0.391. The fourth-order valence-electron chi connectivity index (χ4n) is 3.89. The van der Waals surface area contributed by atoms with E-state index < -0.39 is 47.7 Å². The SMILES string of the molecule is CC(=O)OCC1O[C@H](Sc2cc(Cl)cnc2C#N)C(OC(C)=O)C(n2cc(-c3nc(Cl)cs3)nn2)[C@H]1OC(C)=O. The van der Waals surface area contributed by atoms with Gasteiger partial charge in [0.25, 0.3) is 0 Å². The number of halogens is 2. The Labute approximate surface area is 245 Å². The molecule has 1 aliphatic rings. The van der Waals surface area contributed by atoms with E-state index in [0.29, 0.717) is 15.6 Å². The number of rotatable bonds is 8. The van der Waals surface area contributed by atoms with Crippen molar-refractivity contribution in [2.75, 3.05) is 6.61 Å². The molecule has 0 aliphatic carbocycles. The van der Waals surface area contributed by atoms with E-state index in [0.717, 1.165) is 11.8 Å². The number of carbonyl (C=O) groups is 3. The van der Waals surface area contributed by atoms with E-state index in [9.17, 15) is 19.6 Å². The minimum absolute atomic E-state index is 0.0541. The second-order valence-electron chi connectivity index (χ2n) is 8.27. The number of nitrogens with zero attached hydrogens (tertiary/aromatic N) is 6. The van der Waals surface area contributed by atoms with Crippen LogP contribution in [0.25, 0.3) is 10.7 Å². The van der Waals surface area contributed by atoms with Crippen LogP contribution in [0, 0.1) is 11.3 Å². The Bertz CT molecular complexity index is 1460. The zero-order chi connectivity index (χ0) is 29.0. The van der Waals surface area contributed by atoms with Crippen molar-refractivity contribution in [3.8, 4) is 16.8 Å². The molecule has 0 spiro atoms. The summed E-state index contributed by atoms with van der Waals surface area (Å²) in [7, 11) is 0. The average molecular weight is 627 g/mol. The van der Waals surface area contributed by atoms with Crippen LogP contribution in [0.5, 0.6) is 0 Å². The van der Waals surface area contributed by atoms with E-state index in [-0.39, 0.29) is 22.5 Å². The van der Waals surface area contributed by atoms with Gasteiger partial charge in [-0.1, -0.05) is 40.2 Å². The number of aromatic nitrogens is 5. The van der Waals surface area contributed by atoms with Gasteiger partial charge in [-0.25, -0.2) is 14.6 Å². The lowest BCUT2D eigenvalue weighted by Gasteiger charge is -2.44. The summed E-state index contributed by atoms with van der Waals surface area (Å²) in [4.78, 5) is 44.7. The highest BCUT2D eigenvalue weighted by Crippen LogP contribution is 2.42. The molecule has 0 bridgehead atoms. The second kappa shape index (κ2) is 12.9. The molecule has 0 amide bonds. The highest BCUT2D eigenvalue weighted by atomic mass is 35.5. The standard InChI is InChI=1S/C23H20Cl2N6O7S2/c1-10(32)35-8-16-20(36-11(2)33)19(31-7-15(29-30-31)22-28-18(25)9-39-22)21(37-12(3)34)23(38-16)40-17-4-13(24)6-27-14(17)5-26/h4,6-7,9,16,19-21,23H,8H2,1-3H3/t16?,19?,20-,21?,23+/m0/s1. The second-order valence-corrected chi connectivity index (χ2v) is 11.1. The molecule has 0 N–H and O–H groups in total. The molecule has 0 radical (unpaired) electrons. The Balaban J connectivity index is 1.82. The van der Waals surface area contributed by atoms with Gasteiger partial charge in [-0.05, 0) is 6.07 Å². The third-order valence-corrected chi connectivity index (χ3v) is 7.92. The number of pyridine rings is 1.